The van der Waals surface area contributed by atoms with Gasteiger partial charge in [-0.2, -0.15) is 0 Å². The molecule has 0 aliphatic carbocycles. The number of imidazole rings is 1. The number of nitrogens with zero attached hydrogens (tertiary/aromatic N) is 4. The van der Waals surface area contributed by atoms with Crippen LogP contribution in [0.25, 0.3) is 0 Å². The number of piperazine rings is 1. The highest BCUT2D eigenvalue weighted by Crippen LogP contribution is 2.25. The summed E-state index contributed by atoms with van der Waals surface area (Å²) in [5.74, 6) is 0.315. The number of hydrogen-bond acceptors (Lipinski definition) is 6. The molecular weight excluding hydrogens is 352 g/mol. The van der Waals surface area contributed by atoms with Gasteiger partial charge in [0.25, 0.3) is 0 Å². The van der Waals surface area contributed by atoms with Crippen molar-refractivity contribution in [3.05, 3.63) is 18.2 Å². The highest BCUT2D eigenvalue weighted by atomic mass is 16.6. The Morgan fingerprint density at radius 1 is 1.30 bits per heavy atom. The maximum Gasteiger partial charge on any atom is 0.410 e. The number of aromatic nitrogens is 2. The lowest BCUT2D eigenvalue weighted by molar-refractivity contribution is -0.122. The number of imide groups is 1. The standard InChI is InChI=1S/C17H28N6O4/c1-17(2,3)27-16(26)23-9-8-22(11-13(24)20-15(25)18-4)12(10-23)14-19-6-7-21(14)5/h6-7,12H,8-11H2,1-5H3,(H2,18,20,24,25). The SMILES string of the molecule is CNC(=O)NC(=O)CN1CCN(C(=O)OC(C)(C)C)CC1c1nccn1C. The van der Waals surface area contributed by atoms with Gasteiger partial charge in [0.1, 0.15) is 11.4 Å². The second-order valence-corrected chi connectivity index (χ2v) is 7.44. The first kappa shape index (κ1) is 20.7. The summed E-state index contributed by atoms with van der Waals surface area (Å²) in [5.41, 5.74) is -0.583. The number of aryl methyl sites for hydroxylation is 1. The Balaban J connectivity index is 2.14. The van der Waals surface area contributed by atoms with Crippen LogP contribution in [0, 0.1) is 0 Å². The van der Waals surface area contributed by atoms with Gasteiger partial charge in [0.2, 0.25) is 5.91 Å². The summed E-state index contributed by atoms with van der Waals surface area (Å²) in [6.45, 7) is 6.70. The van der Waals surface area contributed by atoms with Crippen LogP contribution in [0.5, 0.6) is 0 Å². The third-order valence-electron chi connectivity index (χ3n) is 4.13. The molecule has 1 aliphatic heterocycles. The molecule has 0 aromatic carbocycles. The van der Waals surface area contributed by atoms with E-state index in [0.717, 1.165) is 5.82 Å². The number of urea groups is 1. The molecule has 0 bridgehead atoms. The Hall–Kier alpha value is -2.62. The lowest BCUT2D eigenvalue weighted by Gasteiger charge is -2.40. The van der Waals surface area contributed by atoms with Crippen molar-refractivity contribution >= 4 is 18.0 Å². The normalized spacial score (nSPS) is 18.1. The van der Waals surface area contributed by atoms with E-state index in [1.54, 1.807) is 11.1 Å². The Morgan fingerprint density at radius 2 is 2.00 bits per heavy atom. The zero-order chi connectivity index (χ0) is 20.2. The molecule has 4 amide bonds. The summed E-state index contributed by atoms with van der Waals surface area (Å²) in [6, 6.07) is -0.845. The minimum Gasteiger partial charge on any atom is -0.444 e. The van der Waals surface area contributed by atoms with Crippen molar-refractivity contribution in [3.63, 3.8) is 0 Å². The molecule has 1 aromatic rings. The fraction of sp³-hybridized carbons (Fsp3) is 0.647. The first-order valence-electron chi connectivity index (χ1n) is 8.81. The van der Waals surface area contributed by atoms with Crippen LogP contribution in [0.15, 0.2) is 12.4 Å². The Labute approximate surface area is 158 Å². The molecular formula is C17H28N6O4. The summed E-state index contributed by atoms with van der Waals surface area (Å²) in [6.07, 6.45) is 3.09. The quantitative estimate of drug-likeness (QED) is 0.789. The zero-order valence-corrected chi connectivity index (χ0v) is 16.5. The first-order valence-corrected chi connectivity index (χ1v) is 8.81. The van der Waals surface area contributed by atoms with E-state index in [9.17, 15) is 14.4 Å². The van der Waals surface area contributed by atoms with Crippen LogP contribution in [0.3, 0.4) is 0 Å². The average Bonchev–Trinajstić information content (AvgIpc) is 2.99. The lowest BCUT2D eigenvalue weighted by Crippen LogP contribution is -2.54. The number of hydrogen-bond donors (Lipinski definition) is 2. The largest absolute Gasteiger partial charge is 0.444 e. The van der Waals surface area contributed by atoms with Gasteiger partial charge in [-0.15, -0.1) is 0 Å². The first-order chi connectivity index (χ1) is 12.6. The molecule has 1 unspecified atom stereocenters. The molecule has 2 N–H and O–H groups in total. The van der Waals surface area contributed by atoms with Crippen LogP contribution >= 0.6 is 0 Å². The van der Waals surface area contributed by atoms with E-state index in [-0.39, 0.29) is 12.6 Å². The summed E-state index contributed by atoms with van der Waals surface area (Å²) in [5, 5.41) is 4.61. The Bertz CT molecular complexity index is 696. The van der Waals surface area contributed by atoms with Gasteiger partial charge < -0.3 is 19.5 Å². The molecule has 2 heterocycles. The molecule has 2 rings (SSSR count). The van der Waals surface area contributed by atoms with Gasteiger partial charge in [0, 0.05) is 46.1 Å². The van der Waals surface area contributed by atoms with Crippen LogP contribution in [0.2, 0.25) is 0 Å². The van der Waals surface area contributed by atoms with E-state index in [2.05, 4.69) is 15.6 Å². The number of ether oxygens (including phenoxy) is 1. The molecule has 1 atom stereocenters. The molecule has 10 heteroatoms. The molecule has 150 valence electrons. The molecule has 0 saturated carbocycles. The number of carbonyl (C=O) groups excluding carboxylic acids is 3. The number of rotatable bonds is 3. The lowest BCUT2D eigenvalue weighted by atomic mass is 10.1. The third-order valence-corrected chi connectivity index (χ3v) is 4.13. The van der Waals surface area contributed by atoms with Crippen molar-refractivity contribution in [3.8, 4) is 0 Å². The van der Waals surface area contributed by atoms with Crippen molar-refractivity contribution in [1.29, 1.82) is 0 Å². The summed E-state index contributed by atoms with van der Waals surface area (Å²) in [4.78, 5) is 43.8. The smallest absolute Gasteiger partial charge is 0.410 e. The van der Waals surface area contributed by atoms with Crippen molar-refractivity contribution < 1.29 is 19.1 Å². The van der Waals surface area contributed by atoms with Crippen molar-refractivity contribution in [2.45, 2.75) is 32.4 Å². The van der Waals surface area contributed by atoms with Crippen molar-refractivity contribution in [2.24, 2.45) is 7.05 Å². The van der Waals surface area contributed by atoms with Crippen LogP contribution in [-0.4, -0.2) is 76.2 Å². The predicted molar refractivity (Wildman–Crippen MR) is 97.9 cm³/mol. The maximum atomic E-state index is 12.5. The van der Waals surface area contributed by atoms with Gasteiger partial charge in [0.05, 0.1) is 12.6 Å². The summed E-state index contributed by atoms with van der Waals surface area (Å²) >= 11 is 0. The van der Waals surface area contributed by atoms with Crippen LogP contribution in [0.4, 0.5) is 9.59 Å². The molecule has 0 spiro atoms. The maximum absolute atomic E-state index is 12.5. The topological polar surface area (TPSA) is 109 Å². The van der Waals surface area contributed by atoms with Crippen LogP contribution in [-0.2, 0) is 16.6 Å². The van der Waals surface area contributed by atoms with E-state index < -0.39 is 23.6 Å². The van der Waals surface area contributed by atoms with Gasteiger partial charge in [-0.1, -0.05) is 0 Å². The Kier molecular flexibility index (Phi) is 6.42. The van der Waals surface area contributed by atoms with E-state index in [1.807, 2.05) is 43.5 Å². The van der Waals surface area contributed by atoms with Gasteiger partial charge in [0.15, 0.2) is 0 Å². The zero-order valence-electron chi connectivity index (χ0n) is 16.5. The predicted octanol–water partition coefficient (Wildman–Crippen LogP) is 0.470. The van der Waals surface area contributed by atoms with Crippen LogP contribution < -0.4 is 10.6 Å². The summed E-state index contributed by atoms with van der Waals surface area (Å²) < 4.78 is 7.32. The molecule has 10 nitrogen and oxygen atoms in total. The second-order valence-electron chi connectivity index (χ2n) is 7.44. The van der Waals surface area contributed by atoms with E-state index in [1.165, 1.54) is 7.05 Å². The van der Waals surface area contributed by atoms with Gasteiger partial charge in [-0.3, -0.25) is 15.0 Å². The van der Waals surface area contributed by atoms with Crippen molar-refractivity contribution in [1.82, 2.24) is 30.0 Å². The van der Waals surface area contributed by atoms with E-state index in [0.29, 0.717) is 19.6 Å². The highest BCUT2D eigenvalue weighted by molar-refractivity contribution is 5.95. The second kappa shape index (κ2) is 8.38. The van der Waals surface area contributed by atoms with Gasteiger partial charge in [-0.25, -0.2) is 14.6 Å². The van der Waals surface area contributed by atoms with Crippen molar-refractivity contribution in [2.75, 3.05) is 33.2 Å². The fourth-order valence-electron chi connectivity index (χ4n) is 2.86. The van der Waals surface area contributed by atoms with Gasteiger partial charge in [-0.05, 0) is 20.8 Å². The van der Waals surface area contributed by atoms with Crippen LogP contribution in [0.1, 0.15) is 32.6 Å². The average molecular weight is 380 g/mol. The minimum atomic E-state index is -0.583. The molecule has 0 radical (unpaired) electrons. The molecule has 1 aliphatic rings. The van der Waals surface area contributed by atoms with E-state index in [4.69, 9.17) is 4.74 Å². The number of nitrogens with one attached hydrogen (secondary N) is 2. The highest BCUT2D eigenvalue weighted by Gasteiger charge is 2.35. The molecule has 27 heavy (non-hydrogen) atoms. The van der Waals surface area contributed by atoms with E-state index >= 15 is 0 Å². The Morgan fingerprint density at radius 3 is 2.56 bits per heavy atom. The number of amides is 4. The molecule has 1 saturated heterocycles. The molecule has 1 aromatic heterocycles. The van der Waals surface area contributed by atoms with Gasteiger partial charge >= 0.3 is 12.1 Å². The monoisotopic (exact) mass is 380 g/mol. The minimum absolute atomic E-state index is 0.0209. The fourth-order valence-corrected chi connectivity index (χ4v) is 2.86. The third kappa shape index (κ3) is 5.68. The summed E-state index contributed by atoms with van der Waals surface area (Å²) in [7, 11) is 3.30. The number of carbonyl (C=O) groups is 3. The molecule has 1 fully saturated rings.